The molecule has 0 radical (unpaired) electrons. The Bertz CT molecular complexity index is 1160. The summed E-state index contributed by atoms with van der Waals surface area (Å²) in [6, 6.07) is 8.51. The second-order valence-electron chi connectivity index (χ2n) is 8.49. The Hall–Kier alpha value is -3.09. The Kier molecular flexibility index (Phi) is 8.02. The van der Waals surface area contributed by atoms with E-state index < -0.39 is 52.2 Å². The molecule has 1 heterocycles. The molecule has 11 nitrogen and oxygen atoms in total. The van der Waals surface area contributed by atoms with Gasteiger partial charge in [0.25, 0.3) is 0 Å². The fraction of sp³-hybridized carbons (Fsp3) is 0.455. The molecule has 12 heteroatoms. The average molecular weight is 499 g/mol. The van der Waals surface area contributed by atoms with Crippen LogP contribution in [-0.2, 0) is 34.3 Å². The summed E-state index contributed by atoms with van der Waals surface area (Å²) in [5.74, 6) is -2.27. The summed E-state index contributed by atoms with van der Waals surface area (Å²) < 4.78 is 40.3. The number of carbonyl (C=O) groups excluding carboxylic acids is 2. The maximum atomic E-state index is 12.9. The van der Waals surface area contributed by atoms with E-state index in [4.69, 9.17) is 15.0 Å². The zero-order chi connectivity index (χ0) is 25.9. The predicted molar refractivity (Wildman–Crippen MR) is 122 cm³/mol. The topological polar surface area (TPSA) is 178 Å². The molecule has 1 aromatic carbocycles. The number of aromatic nitrogens is 1. The molecule has 34 heavy (non-hydrogen) atoms. The molecule has 2 aromatic rings. The molecule has 0 saturated heterocycles. The number of para-hydroxylation sites is 1. The van der Waals surface area contributed by atoms with E-state index in [0.717, 1.165) is 0 Å². The minimum Gasteiger partial charge on any atom is -0.494 e. The van der Waals surface area contributed by atoms with Gasteiger partial charge in [0, 0.05) is 11.1 Å². The third kappa shape index (κ3) is 5.51. The van der Waals surface area contributed by atoms with Crippen LogP contribution in [0.1, 0.15) is 44.7 Å². The fourth-order valence-corrected chi connectivity index (χ4v) is 4.29. The van der Waals surface area contributed by atoms with E-state index in [9.17, 15) is 28.2 Å². The molecule has 0 fully saturated rings. The molecule has 188 valence electrons. The number of aromatic hydroxyl groups is 2. The van der Waals surface area contributed by atoms with E-state index in [2.05, 4.69) is 4.18 Å². The Morgan fingerprint density at radius 1 is 1.09 bits per heavy atom. The Morgan fingerprint density at radius 3 is 2.18 bits per heavy atom. The summed E-state index contributed by atoms with van der Waals surface area (Å²) in [5, 5.41) is 21.8. The highest BCUT2D eigenvalue weighted by atomic mass is 32.3. The van der Waals surface area contributed by atoms with Crippen LogP contribution in [0, 0.1) is 12.3 Å². The standard InChI is InChI=1S/C22H30N2O9S/c1-5-21(3,20(28)32-11-12-33-34(29,30)31)13-22(4,19(23)27)16-14(2)17(25)24(18(16)26)15-9-7-6-8-10-15/h6-10,25-26H,5,11-13H2,1-4H3,(H2,23,27)(H,29,30,31). The lowest BCUT2D eigenvalue weighted by molar-refractivity contribution is -0.157. The molecule has 5 N–H and O–H groups in total. The molecule has 1 aromatic heterocycles. The van der Waals surface area contributed by atoms with Crippen LogP contribution < -0.4 is 5.73 Å². The van der Waals surface area contributed by atoms with Crippen molar-refractivity contribution in [3.05, 3.63) is 41.5 Å². The molecule has 2 unspecified atom stereocenters. The first-order valence-electron chi connectivity index (χ1n) is 10.5. The lowest BCUT2D eigenvalue weighted by atomic mass is 9.67. The highest BCUT2D eigenvalue weighted by Gasteiger charge is 2.48. The summed E-state index contributed by atoms with van der Waals surface area (Å²) in [5.41, 5.74) is 3.62. The number of primary amides is 1. The molecule has 0 spiro atoms. The Labute approximate surface area is 198 Å². The Balaban J connectivity index is 2.44. The number of amides is 1. The molecule has 2 atom stereocenters. The van der Waals surface area contributed by atoms with E-state index in [1.54, 1.807) is 44.2 Å². The number of ether oxygens (including phenoxy) is 1. The maximum Gasteiger partial charge on any atom is 0.397 e. The molecule has 2 rings (SSSR count). The number of rotatable bonds is 11. The van der Waals surface area contributed by atoms with E-state index in [-0.39, 0.29) is 29.8 Å². The van der Waals surface area contributed by atoms with Crippen molar-refractivity contribution in [3.63, 3.8) is 0 Å². The largest absolute Gasteiger partial charge is 0.494 e. The zero-order valence-corrected chi connectivity index (χ0v) is 20.3. The van der Waals surface area contributed by atoms with Gasteiger partial charge in [-0.25, -0.2) is 4.18 Å². The van der Waals surface area contributed by atoms with E-state index in [0.29, 0.717) is 5.69 Å². The lowest BCUT2D eigenvalue weighted by Crippen LogP contribution is -2.45. The second kappa shape index (κ2) is 10.0. The number of nitrogens with two attached hydrogens (primary N) is 1. The van der Waals surface area contributed by atoms with Crippen LogP contribution in [0.5, 0.6) is 11.8 Å². The number of esters is 1. The van der Waals surface area contributed by atoms with Gasteiger partial charge in [0.05, 0.1) is 16.5 Å². The maximum absolute atomic E-state index is 12.9. The number of nitrogens with zero attached hydrogens (tertiary/aromatic N) is 1. The van der Waals surface area contributed by atoms with Crippen LogP contribution in [0.4, 0.5) is 0 Å². The van der Waals surface area contributed by atoms with Gasteiger partial charge in [-0.1, -0.05) is 25.1 Å². The smallest absolute Gasteiger partial charge is 0.397 e. The summed E-state index contributed by atoms with van der Waals surface area (Å²) in [7, 11) is -4.68. The predicted octanol–water partition coefficient (Wildman–Crippen LogP) is 2.11. The van der Waals surface area contributed by atoms with Crippen LogP contribution in [0.2, 0.25) is 0 Å². The van der Waals surface area contributed by atoms with Gasteiger partial charge in [-0.3, -0.25) is 18.7 Å². The lowest BCUT2D eigenvalue weighted by Gasteiger charge is -2.36. The highest BCUT2D eigenvalue weighted by Crippen LogP contribution is 2.48. The third-order valence-electron chi connectivity index (χ3n) is 6.03. The molecule has 0 aliphatic rings. The molecule has 0 aliphatic heterocycles. The van der Waals surface area contributed by atoms with Crippen molar-refractivity contribution < 1.29 is 41.7 Å². The molecule has 1 amide bonds. The van der Waals surface area contributed by atoms with Crippen LogP contribution in [-0.4, -0.2) is 52.8 Å². The van der Waals surface area contributed by atoms with Gasteiger partial charge in [0.1, 0.15) is 13.2 Å². The summed E-state index contributed by atoms with van der Waals surface area (Å²) >= 11 is 0. The van der Waals surface area contributed by atoms with Crippen molar-refractivity contribution in [1.82, 2.24) is 4.57 Å². The van der Waals surface area contributed by atoms with Gasteiger partial charge in [0.2, 0.25) is 17.7 Å². The van der Waals surface area contributed by atoms with Crippen LogP contribution in [0.3, 0.4) is 0 Å². The minimum atomic E-state index is -4.68. The van der Waals surface area contributed by atoms with Crippen LogP contribution in [0.25, 0.3) is 5.69 Å². The van der Waals surface area contributed by atoms with Gasteiger partial charge in [-0.15, -0.1) is 0 Å². The van der Waals surface area contributed by atoms with E-state index in [1.165, 1.54) is 18.4 Å². The highest BCUT2D eigenvalue weighted by molar-refractivity contribution is 7.80. The van der Waals surface area contributed by atoms with Gasteiger partial charge < -0.3 is 20.7 Å². The van der Waals surface area contributed by atoms with Crippen LogP contribution in [0.15, 0.2) is 30.3 Å². The number of hydrogen-bond acceptors (Lipinski definition) is 8. The summed E-state index contributed by atoms with van der Waals surface area (Å²) in [6.07, 6.45) is 0.0233. The van der Waals surface area contributed by atoms with E-state index in [1.807, 2.05) is 0 Å². The monoisotopic (exact) mass is 498 g/mol. The summed E-state index contributed by atoms with van der Waals surface area (Å²) in [6.45, 7) is 5.17. The van der Waals surface area contributed by atoms with Crippen molar-refractivity contribution in [2.75, 3.05) is 13.2 Å². The molecular formula is C22H30N2O9S. The first-order valence-corrected chi connectivity index (χ1v) is 11.8. The van der Waals surface area contributed by atoms with Gasteiger partial charge in [-0.05, 0) is 45.7 Å². The molecule has 0 aliphatic carbocycles. The van der Waals surface area contributed by atoms with Crippen molar-refractivity contribution in [2.24, 2.45) is 11.1 Å². The van der Waals surface area contributed by atoms with Crippen molar-refractivity contribution in [3.8, 4) is 17.4 Å². The fourth-order valence-electron chi connectivity index (χ4n) is 4.01. The SMILES string of the molecule is CCC(C)(CC(C)(C(N)=O)c1c(C)c(O)n(-c2ccccc2)c1O)C(=O)OCCOS(=O)(=O)O. The normalized spacial score (nSPS) is 15.3. The quantitative estimate of drug-likeness (QED) is 0.205. The third-order valence-corrected chi connectivity index (χ3v) is 6.50. The van der Waals surface area contributed by atoms with Crippen molar-refractivity contribution >= 4 is 22.3 Å². The van der Waals surface area contributed by atoms with Gasteiger partial charge in [-0.2, -0.15) is 8.42 Å². The van der Waals surface area contributed by atoms with E-state index >= 15 is 0 Å². The number of hydrogen-bond donors (Lipinski definition) is 4. The first kappa shape index (κ1) is 27.2. The Morgan fingerprint density at radius 2 is 1.68 bits per heavy atom. The van der Waals surface area contributed by atoms with Crippen molar-refractivity contribution in [1.29, 1.82) is 0 Å². The van der Waals surface area contributed by atoms with Crippen molar-refractivity contribution in [2.45, 2.75) is 46.0 Å². The van der Waals surface area contributed by atoms with Crippen LogP contribution >= 0.6 is 0 Å². The molecule has 0 bridgehead atoms. The molecular weight excluding hydrogens is 468 g/mol. The number of benzene rings is 1. The minimum absolute atomic E-state index is 0.0727. The zero-order valence-electron chi connectivity index (χ0n) is 19.4. The second-order valence-corrected chi connectivity index (χ2v) is 9.58. The number of carbonyl (C=O) groups is 2. The van der Waals surface area contributed by atoms with Gasteiger partial charge >= 0.3 is 16.4 Å². The molecule has 0 saturated carbocycles. The first-order chi connectivity index (χ1) is 15.7. The van der Waals surface area contributed by atoms with Gasteiger partial charge in [0.15, 0.2) is 0 Å². The summed E-state index contributed by atoms with van der Waals surface area (Å²) in [4.78, 5) is 25.6. The average Bonchev–Trinajstić information content (AvgIpc) is 2.99.